The molecule has 0 saturated carbocycles. The van der Waals surface area contributed by atoms with Crippen molar-refractivity contribution >= 4 is 69.3 Å². The van der Waals surface area contributed by atoms with Gasteiger partial charge in [0, 0.05) is 26.7 Å². The number of aliphatic hydroxyl groups excluding tert-OH is 2. The molecule has 0 radical (unpaired) electrons. The summed E-state index contributed by atoms with van der Waals surface area (Å²) < 4.78 is 70.7. The average molecular weight is 894 g/mol. The molecule has 316 valence electrons. The van der Waals surface area contributed by atoms with E-state index < -0.39 is 83.6 Å². The molecule has 0 aliphatic carbocycles. The zero-order chi connectivity index (χ0) is 41.7. The van der Waals surface area contributed by atoms with Crippen molar-refractivity contribution in [3.63, 3.8) is 0 Å². The average Bonchev–Trinajstić information content (AvgIpc) is 3.78. The van der Waals surface area contributed by atoms with Gasteiger partial charge in [0.15, 0.2) is 23.2 Å². The zero-order valence-corrected chi connectivity index (χ0v) is 33.6. The van der Waals surface area contributed by atoms with Crippen molar-refractivity contribution in [2.45, 2.75) is 43.4 Å². The van der Waals surface area contributed by atoms with E-state index >= 15 is 0 Å². The van der Waals surface area contributed by atoms with Crippen molar-refractivity contribution in [1.29, 1.82) is 0 Å². The molecule has 58 heavy (non-hydrogen) atoms. The number of aliphatic hydroxyl groups is 2. The number of anilines is 4. The Morgan fingerprint density at radius 1 is 0.931 bits per heavy atom. The number of thiol groups is 1. The summed E-state index contributed by atoms with van der Waals surface area (Å²) in [7, 11) is -9.18. The summed E-state index contributed by atoms with van der Waals surface area (Å²) in [4.78, 5) is 67.8. The molecule has 7 rings (SSSR count). The lowest BCUT2D eigenvalue weighted by Gasteiger charge is -2.42. The Morgan fingerprint density at radius 3 is 2.29 bits per heavy atom. The number of nitrogen functional groups attached to an aromatic ring is 2. The molecule has 0 spiro atoms. The molecule has 0 amide bonds. The second-order valence-corrected chi connectivity index (χ2v) is 19.4. The lowest BCUT2D eigenvalue weighted by atomic mass is 10.1. The van der Waals surface area contributed by atoms with Crippen LogP contribution in [0.5, 0.6) is 0 Å². The molecule has 10 N–H and O–H groups in total. The fraction of sp³-hybridized carbons (Fsp3) is 0.464. The van der Waals surface area contributed by atoms with Crippen LogP contribution in [0, 0.1) is 0 Å². The van der Waals surface area contributed by atoms with E-state index in [1.54, 1.807) is 16.8 Å². The summed E-state index contributed by atoms with van der Waals surface area (Å²) in [5, 5.41) is 21.2. The third-order valence-electron chi connectivity index (χ3n) is 9.04. The molecular formula is C28H38N11O15P3S. The van der Waals surface area contributed by atoms with Crippen molar-refractivity contribution in [3.05, 3.63) is 62.9 Å². The zero-order valence-electron chi connectivity index (χ0n) is 30.0. The van der Waals surface area contributed by atoms with E-state index in [9.17, 15) is 43.3 Å². The molecule has 26 nitrogen and oxygen atoms in total. The first kappa shape index (κ1) is 42.4. The van der Waals surface area contributed by atoms with Crippen molar-refractivity contribution in [1.82, 2.24) is 34.4 Å². The second kappa shape index (κ2) is 16.4. The molecule has 30 heteroatoms. The van der Waals surface area contributed by atoms with E-state index in [4.69, 9.17) is 30.0 Å². The maximum Gasteiger partial charge on any atom is 0.480 e. The van der Waals surface area contributed by atoms with E-state index in [1.807, 2.05) is 35.2 Å². The van der Waals surface area contributed by atoms with E-state index in [0.29, 0.717) is 13.1 Å². The number of nitrogens with two attached hydrogens (primary N) is 2. The van der Waals surface area contributed by atoms with Gasteiger partial charge in [0.1, 0.15) is 30.2 Å². The quantitative estimate of drug-likeness (QED) is 0.0565. The maximum absolute atomic E-state index is 13.0. The molecule has 3 aliphatic heterocycles. The third kappa shape index (κ3) is 9.33. The molecule has 2 fully saturated rings. The minimum absolute atomic E-state index is 0.107. The highest BCUT2D eigenvalue weighted by Crippen LogP contribution is 2.72. The number of morpholine rings is 1. The number of hydrogen-bond acceptors (Lipinski definition) is 21. The number of ether oxygens (including phenoxy) is 2. The molecule has 4 aromatic rings. The second-order valence-electron chi connectivity index (χ2n) is 13.3. The number of aromatic amines is 2. The molecule has 0 bridgehead atoms. The van der Waals surface area contributed by atoms with Gasteiger partial charge in [-0.15, -0.1) is 0 Å². The van der Waals surface area contributed by atoms with Crippen LogP contribution in [0.15, 0.2) is 46.2 Å². The number of imidazole rings is 1. The van der Waals surface area contributed by atoms with Gasteiger partial charge in [-0.05, 0) is 5.56 Å². The van der Waals surface area contributed by atoms with E-state index in [-0.39, 0.29) is 47.8 Å². The molecule has 3 aliphatic rings. The van der Waals surface area contributed by atoms with Crippen molar-refractivity contribution in [2.75, 3.05) is 61.3 Å². The van der Waals surface area contributed by atoms with Crippen molar-refractivity contribution < 1.29 is 60.8 Å². The number of benzene rings is 1. The van der Waals surface area contributed by atoms with Gasteiger partial charge in [-0.3, -0.25) is 38.1 Å². The Bertz CT molecular complexity index is 2430. The van der Waals surface area contributed by atoms with Crippen molar-refractivity contribution in [3.8, 4) is 0 Å². The summed E-state index contributed by atoms with van der Waals surface area (Å²) in [6.45, 7) is -5.79. The number of phosphoric ester groups is 2. The minimum atomic E-state index is -5.48. The summed E-state index contributed by atoms with van der Waals surface area (Å²) in [6.07, 6.45) is -7.06. The first-order valence-corrected chi connectivity index (χ1v) is 22.7. The van der Waals surface area contributed by atoms with E-state index in [1.165, 1.54) is 0 Å². The highest BCUT2D eigenvalue weighted by atomic mass is 32.7. The number of fused-ring (bicyclic) bond motifs is 2. The Morgan fingerprint density at radius 2 is 1.59 bits per heavy atom. The highest BCUT2D eigenvalue weighted by molar-refractivity contribution is 8.45. The number of nitrogens with zero attached hydrogens (tertiary/aromatic N) is 7. The van der Waals surface area contributed by atoms with Crippen LogP contribution in [0.4, 0.5) is 23.4 Å². The number of H-pyrrole nitrogens is 2. The smallest absolute Gasteiger partial charge is 0.387 e. The fourth-order valence-corrected chi connectivity index (χ4v) is 11.8. The van der Waals surface area contributed by atoms with Gasteiger partial charge < -0.3 is 50.7 Å². The number of hydrogen-bond donors (Lipinski definition) is 9. The minimum Gasteiger partial charge on any atom is -0.387 e. The molecular weight excluding hydrogens is 855 g/mol. The lowest BCUT2D eigenvalue weighted by Crippen LogP contribution is -2.55. The lowest BCUT2D eigenvalue weighted by molar-refractivity contribution is -0.103. The van der Waals surface area contributed by atoms with Gasteiger partial charge in [0.05, 0.1) is 32.3 Å². The molecule has 3 aromatic heterocycles. The highest BCUT2D eigenvalue weighted by Gasteiger charge is 2.47. The monoisotopic (exact) mass is 893 g/mol. The van der Waals surface area contributed by atoms with Gasteiger partial charge in [-0.1, -0.05) is 42.6 Å². The molecule has 3 unspecified atom stereocenters. The predicted octanol–water partition coefficient (Wildman–Crippen LogP) is -0.567. The van der Waals surface area contributed by atoms with Crippen LogP contribution in [0.3, 0.4) is 0 Å². The van der Waals surface area contributed by atoms with E-state index in [0.717, 1.165) is 16.5 Å². The van der Waals surface area contributed by atoms with Gasteiger partial charge in [-0.25, -0.2) is 18.7 Å². The normalized spacial score (nSPS) is 27.0. The van der Waals surface area contributed by atoms with Crippen LogP contribution in [-0.2, 0) is 47.4 Å². The van der Waals surface area contributed by atoms with E-state index in [2.05, 4.69) is 45.8 Å². The van der Waals surface area contributed by atoms with Crippen molar-refractivity contribution in [2.24, 2.45) is 0 Å². The number of aromatic nitrogens is 6. The largest absolute Gasteiger partial charge is 0.480 e. The van der Waals surface area contributed by atoms with Gasteiger partial charge >= 0.3 is 22.4 Å². The maximum atomic E-state index is 13.0. The van der Waals surface area contributed by atoms with Gasteiger partial charge in [0.2, 0.25) is 11.9 Å². The predicted molar refractivity (Wildman–Crippen MR) is 204 cm³/mol. The summed E-state index contributed by atoms with van der Waals surface area (Å²) >= 11 is 3.54. The SMILES string of the molecule is CN1CN([C@H]2CN(Cc3ccccc3)C[C@@H](COP(=O)(O)OP(=O)(S)OP(=O)(O)OC[C@H]3O[C@@H](n4cnc5c(=O)[nH]c(N)nc54)[C@H](O)[C@@H]3O)O2)c2nc(N)[nH]c(=O)c21. The Hall–Kier alpha value is -3.75. The number of phosphoric acid groups is 2. The molecule has 9 atom stereocenters. The van der Waals surface area contributed by atoms with Crippen LogP contribution >= 0.6 is 34.7 Å². The number of nitrogens with one attached hydrogen (secondary N) is 2. The Labute approximate surface area is 331 Å². The fourth-order valence-electron chi connectivity index (χ4n) is 6.63. The molecule has 2 saturated heterocycles. The van der Waals surface area contributed by atoms with Crippen LogP contribution in [0.2, 0.25) is 0 Å². The van der Waals surface area contributed by atoms with Crippen LogP contribution < -0.4 is 32.4 Å². The van der Waals surface area contributed by atoms with Gasteiger partial charge in [-0.2, -0.15) is 18.6 Å². The summed E-state index contributed by atoms with van der Waals surface area (Å²) in [6, 6.07) is 9.40. The standard InChI is InChI=1S/C28H38N11O15P3S/c1-36-13-39(23-19(36)25(43)35-28(30)33-23)17-9-37(7-14-5-3-2-4-6-14)8-15(51-17)10-49-55(44,45)53-57(48,58)54-56(46,47)50-11-16-20(40)21(41)26(52-16)38-12-31-18-22(38)32-27(29)34-24(18)42/h2-6,12,15-17,20-21,26,40-41H,7-11,13H2,1H3,(H,44,45)(H,46,47)(H,48,58)(H3,29,32,34,42)(H3,30,33,35,43)/t15-,16+,17+,20+,21+,26+,57?/m0/s1. The van der Waals surface area contributed by atoms with Crippen LogP contribution in [-0.4, -0.2) is 125 Å². The van der Waals surface area contributed by atoms with Gasteiger partial charge in [0.25, 0.3) is 11.1 Å². The summed E-state index contributed by atoms with van der Waals surface area (Å²) in [5.74, 6) is -0.132. The third-order valence-corrected chi connectivity index (χ3v) is 14.6. The Balaban J connectivity index is 0.970. The Kier molecular flexibility index (Phi) is 12.0. The van der Waals surface area contributed by atoms with Crippen LogP contribution in [0.1, 0.15) is 11.8 Å². The molecule has 1 aromatic carbocycles. The molecule has 6 heterocycles. The summed E-state index contributed by atoms with van der Waals surface area (Å²) in [5.41, 5.74) is 11.2. The number of rotatable bonds is 14. The first-order chi connectivity index (χ1) is 27.3. The first-order valence-electron chi connectivity index (χ1n) is 17.0. The van der Waals surface area contributed by atoms with Crippen LogP contribution in [0.25, 0.3) is 11.2 Å². The topological polar surface area (TPSA) is 359 Å².